The van der Waals surface area contributed by atoms with Crippen molar-refractivity contribution in [2.75, 3.05) is 13.1 Å². The fourth-order valence-electron chi connectivity index (χ4n) is 5.07. The van der Waals surface area contributed by atoms with Gasteiger partial charge in [0.1, 0.15) is 18.1 Å². The molecule has 0 bridgehead atoms. The van der Waals surface area contributed by atoms with E-state index in [1.807, 2.05) is 24.3 Å². The second-order valence-electron chi connectivity index (χ2n) is 9.53. The predicted molar refractivity (Wildman–Crippen MR) is 133 cm³/mol. The molecule has 4 atom stereocenters. The predicted octanol–water partition coefficient (Wildman–Crippen LogP) is -0.617. The van der Waals surface area contributed by atoms with E-state index in [-0.39, 0.29) is 18.4 Å². The van der Waals surface area contributed by atoms with Crippen LogP contribution in [0.25, 0.3) is 10.9 Å². The maximum absolute atomic E-state index is 13.4. The molecule has 37 heavy (non-hydrogen) atoms. The lowest BCUT2D eigenvalue weighted by Gasteiger charge is -2.28. The molecule has 4 amide bonds. The van der Waals surface area contributed by atoms with Gasteiger partial charge in [-0.15, -0.1) is 0 Å². The van der Waals surface area contributed by atoms with E-state index in [1.54, 1.807) is 11.1 Å². The number of benzene rings is 1. The van der Waals surface area contributed by atoms with Crippen molar-refractivity contribution in [2.24, 2.45) is 5.73 Å². The molecule has 0 aliphatic carbocycles. The number of hydrogen-bond donors (Lipinski definition) is 6. The van der Waals surface area contributed by atoms with E-state index in [2.05, 4.69) is 20.9 Å². The highest BCUT2D eigenvalue weighted by atomic mass is 16.4. The van der Waals surface area contributed by atoms with Gasteiger partial charge >= 0.3 is 5.97 Å². The van der Waals surface area contributed by atoms with Gasteiger partial charge in [0.25, 0.3) is 0 Å². The minimum Gasteiger partial charge on any atom is -0.480 e. The molecule has 2 fully saturated rings. The number of nitrogens with one attached hydrogen (secondary N) is 4. The Bertz CT molecular complexity index is 1190. The van der Waals surface area contributed by atoms with Crippen LogP contribution < -0.4 is 21.7 Å². The summed E-state index contributed by atoms with van der Waals surface area (Å²) in [6, 6.07) is 3.73. The van der Waals surface area contributed by atoms with E-state index in [0.717, 1.165) is 29.4 Å². The van der Waals surface area contributed by atoms with Crippen LogP contribution in [0.5, 0.6) is 0 Å². The molecule has 0 saturated carbocycles. The van der Waals surface area contributed by atoms with Crippen molar-refractivity contribution in [3.05, 3.63) is 36.0 Å². The maximum Gasteiger partial charge on any atom is 0.326 e. The van der Waals surface area contributed by atoms with Crippen LogP contribution in [0.3, 0.4) is 0 Å². The average molecular weight is 513 g/mol. The molecule has 198 valence electrons. The third-order valence-electron chi connectivity index (χ3n) is 6.95. The van der Waals surface area contributed by atoms with Crippen LogP contribution in [0, 0.1) is 0 Å². The quantitative estimate of drug-likeness (QED) is 0.245. The fourth-order valence-corrected chi connectivity index (χ4v) is 5.07. The summed E-state index contributed by atoms with van der Waals surface area (Å²) in [6.07, 6.45) is 3.94. The Morgan fingerprint density at radius 3 is 2.57 bits per heavy atom. The minimum absolute atomic E-state index is 0.0648. The second kappa shape index (κ2) is 11.4. The lowest BCUT2D eigenvalue weighted by atomic mass is 10.0. The van der Waals surface area contributed by atoms with E-state index in [1.165, 1.54) is 0 Å². The first-order valence-electron chi connectivity index (χ1n) is 12.5. The van der Waals surface area contributed by atoms with Gasteiger partial charge < -0.3 is 36.7 Å². The number of rotatable bonds is 10. The molecule has 12 nitrogen and oxygen atoms in total. The monoisotopic (exact) mass is 512 g/mol. The summed E-state index contributed by atoms with van der Waals surface area (Å²) in [6.45, 7) is 1.21. The van der Waals surface area contributed by atoms with E-state index in [0.29, 0.717) is 25.8 Å². The number of hydrogen-bond acceptors (Lipinski definition) is 6. The normalized spacial score (nSPS) is 20.9. The Kier molecular flexibility index (Phi) is 8.07. The van der Waals surface area contributed by atoms with E-state index < -0.39 is 48.2 Å². The standard InChI is InChI=1S/C25H32N6O6/c26-21(32)12-19(25(36)37)30-22(33)18(11-14-13-28-16-6-2-1-5-15(14)16)29-23(34)20-8-4-10-31(20)24(35)17-7-3-9-27-17/h1-2,5-6,13,17-20,27-28H,3-4,7-12H2,(H2,26,32)(H,29,34)(H,30,33)(H,36,37). The number of carbonyl (C=O) groups excluding carboxylic acids is 4. The van der Waals surface area contributed by atoms with Gasteiger partial charge in [-0.1, -0.05) is 18.2 Å². The van der Waals surface area contributed by atoms with Gasteiger partial charge in [-0.25, -0.2) is 4.79 Å². The van der Waals surface area contributed by atoms with Crippen LogP contribution in [0.15, 0.2) is 30.5 Å². The molecule has 2 saturated heterocycles. The number of likely N-dealkylation sites (tertiary alicyclic amines) is 1. The van der Waals surface area contributed by atoms with Crippen LogP contribution in [0.4, 0.5) is 0 Å². The number of amides is 4. The lowest BCUT2D eigenvalue weighted by Crippen LogP contribution is -2.57. The molecule has 12 heteroatoms. The zero-order chi connectivity index (χ0) is 26.5. The molecule has 2 aliphatic heterocycles. The van der Waals surface area contributed by atoms with Crippen LogP contribution in [-0.4, -0.2) is 81.8 Å². The van der Waals surface area contributed by atoms with Crippen LogP contribution in [0.1, 0.15) is 37.7 Å². The molecule has 0 radical (unpaired) electrons. The first-order valence-corrected chi connectivity index (χ1v) is 12.5. The number of aromatic nitrogens is 1. The Morgan fingerprint density at radius 1 is 1.08 bits per heavy atom. The molecular weight excluding hydrogens is 480 g/mol. The first-order chi connectivity index (χ1) is 17.7. The van der Waals surface area contributed by atoms with Crippen molar-refractivity contribution in [3.63, 3.8) is 0 Å². The van der Waals surface area contributed by atoms with Gasteiger partial charge in [-0.2, -0.15) is 0 Å². The van der Waals surface area contributed by atoms with E-state index in [9.17, 15) is 29.1 Å². The molecule has 2 aliphatic rings. The highest BCUT2D eigenvalue weighted by Crippen LogP contribution is 2.22. The number of fused-ring (bicyclic) bond motifs is 1. The molecule has 3 heterocycles. The molecule has 0 spiro atoms. The molecule has 2 aromatic rings. The number of para-hydroxylation sites is 1. The number of aromatic amines is 1. The van der Waals surface area contributed by atoms with Crippen molar-refractivity contribution in [1.82, 2.24) is 25.8 Å². The molecular formula is C25H32N6O6. The van der Waals surface area contributed by atoms with Gasteiger partial charge in [0.05, 0.1) is 12.5 Å². The second-order valence-corrected chi connectivity index (χ2v) is 9.53. The summed E-state index contributed by atoms with van der Waals surface area (Å²) in [5.41, 5.74) is 6.73. The Labute approximate surface area is 213 Å². The van der Waals surface area contributed by atoms with Crippen LogP contribution in [-0.2, 0) is 30.4 Å². The Balaban J connectivity index is 1.54. The zero-order valence-electron chi connectivity index (χ0n) is 20.4. The molecule has 1 aromatic heterocycles. The lowest BCUT2D eigenvalue weighted by molar-refractivity contribution is -0.144. The number of carbonyl (C=O) groups is 5. The number of nitrogens with zero attached hydrogens (tertiary/aromatic N) is 1. The van der Waals surface area contributed by atoms with Gasteiger partial charge in [0, 0.05) is 30.1 Å². The van der Waals surface area contributed by atoms with Crippen LogP contribution in [0.2, 0.25) is 0 Å². The molecule has 7 N–H and O–H groups in total. The van der Waals surface area contributed by atoms with E-state index >= 15 is 0 Å². The highest BCUT2D eigenvalue weighted by molar-refractivity contribution is 5.96. The van der Waals surface area contributed by atoms with Crippen molar-refractivity contribution in [1.29, 1.82) is 0 Å². The smallest absolute Gasteiger partial charge is 0.326 e. The fraction of sp³-hybridized carbons (Fsp3) is 0.480. The molecule has 1 aromatic carbocycles. The summed E-state index contributed by atoms with van der Waals surface area (Å²) in [4.78, 5) is 67.2. The number of nitrogens with two attached hydrogens (primary N) is 1. The number of H-pyrrole nitrogens is 1. The van der Waals surface area contributed by atoms with Gasteiger partial charge in [-0.05, 0) is 43.9 Å². The third kappa shape index (κ3) is 6.08. The summed E-state index contributed by atoms with van der Waals surface area (Å²) in [5, 5.41) is 18.5. The van der Waals surface area contributed by atoms with Crippen molar-refractivity contribution in [3.8, 4) is 0 Å². The Hall–Kier alpha value is -3.93. The van der Waals surface area contributed by atoms with Crippen molar-refractivity contribution < 1.29 is 29.1 Å². The summed E-state index contributed by atoms with van der Waals surface area (Å²) in [5.74, 6) is -3.67. The number of primary amides is 1. The Morgan fingerprint density at radius 2 is 1.86 bits per heavy atom. The average Bonchev–Trinajstić information content (AvgIpc) is 3.63. The summed E-state index contributed by atoms with van der Waals surface area (Å²) in [7, 11) is 0. The molecule has 4 rings (SSSR count). The highest BCUT2D eigenvalue weighted by Gasteiger charge is 2.39. The first kappa shape index (κ1) is 26.1. The largest absolute Gasteiger partial charge is 0.480 e. The SMILES string of the molecule is NC(=O)CC(NC(=O)C(Cc1c[nH]c2ccccc12)NC(=O)C1CCCN1C(=O)C1CCCN1)C(=O)O. The maximum atomic E-state index is 13.4. The number of carboxylic acids is 1. The minimum atomic E-state index is -1.54. The summed E-state index contributed by atoms with van der Waals surface area (Å²) >= 11 is 0. The number of aliphatic carboxylic acids is 1. The third-order valence-corrected chi connectivity index (χ3v) is 6.95. The van der Waals surface area contributed by atoms with E-state index in [4.69, 9.17) is 5.73 Å². The topological polar surface area (TPSA) is 187 Å². The van der Waals surface area contributed by atoms with Crippen molar-refractivity contribution >= 4 is 40.5 Å². The van der Waals surface area contributed by atoms with Crippen molar-refractivity contribution in [2.45, 2.75) is 62.7 Å². The van der Waals surface area contributed by atoms with Gasteiger partial charge in [0.2, 0.25) is 23.6 Å². The number of carboxylic acid groups (broad SMARTS) is 1. The van der Waals surface area contributed by atoms with Gasteiger partial charge in [-0.3, -0.25) is 19.2 Å². The van der Waals surface area contributed by atoms with Crippen LogP contribution >= 0.6 is 0 Å². The molecule has 4 unspecified atom stereocenters. The van der Waals surface area contributed by atoms with Gasteiger partial charge in [0.15, 0.2) is 0 Å². The zero-order valence-corrected chi connectivity index (χ0v) is 20.4. The summed E-state index contributed by atoms with van der Waals surface area (Å²) < 4.78 is 0.